The van der Waals surface area contributed by atoms with Crippen molar-refractivity contribution in [3.63, 3.8) is 0 Å². The minimum atomic E-state index is -0.640. The lowest BCUT2D eigenvalue weighted by atomic mass is 10.1. The summed E-state index contributed by atoms with van der Waals surface area (Å²) in [7, 11) is 0. The first-order valence-electron chi connectivity index (χ1n) is 8.71. The molecule has 0 radical (unpaired) electrons. The molecule has 0 aliphatic carbocycles. The fraction of sp³-hybridized carbons (Fsp3) is 0.450. The fourth-order valence-electron chi connectivity index (χ4n) is 2.16. The van der Waals surface area contributed by atoms with Gasteiger partial charge < -0.3 is 15.4 Å². The van der Waals surface area contributed by atoms with E-state index >= 15 is 0 Å². The molecule has 142 valence electrons. The number of hydrogen-bond acceptors (Lipinski definition) is 4. The molecular weight excluding hydrogens is 330 g/mol. The van der Waals surface area contributed by atoms with Crippen molar-refractivity contribution in [2.24, 2.45) is 4.99 Å². The summed E-state index contributed by atoms with van der Waals surface area (Å²) < 4.78 is 5.07. The van der Waals surface area contributed by atoms with Gasteiger partial charge in [-0.3, -0.25) is 4.79 Å². The van der Waals surface area contributed by atoms with Crippen LogP contribution < -0.4 is 10.6 Å². The van der Waals surface area contributed by atoms with E-state index in [9.17, 15) is 9.59 Å². The van der Waals surface area contributed by atoms with E-state index in [0.29, 0.717) is 11.5 Å². The van der Waals surface area contributed by atoms with Gasteiger partial charge in [0.05, 0.1) is 5.70 Å². The summed E-state index contributed by atoms with van der Waals surface area (Å²) in [4.78, 5) is 27.7. The number of aliphatic imine (C=N–C) groups is 1. The summed E-state index contributed by atoms with van der Waals surface area (Å²) in [6.07, 6.45) is 1.50. The lowest BCUT2D eigenvalue weighted by molar-refractivity contribution is -0.118. The van der Waals surface area contributed by atoms with E-state index in [1.165, 1.54) is 5.56 Å². The summed E-state index contributed by atoms with van der Waals surface area (Å²) in [6, 6.07) is 8.04. The van der Waals surface area contributed by atoms with Gasteiger partial charge in [0.25, 0.3) is 0 Å². The van der Waals surface area contributed by atoms with Gasteiger partial charge in [0.1, 0.15) is 18.0 Å². The summed E-state index contributed by atoms with van der Waals surface area (Å²) in [6.45, 7) is 12.8. The second-order valence-corrected chi connectivity index (χ2v) is 6.99. The van der Waals surface area contributed by atoms with Crippen molar-refractivity contribution < 1.29 is 14.3 Å². The minimum absolute atomic E-state index is 0.194. The van der Waals surface area contributed by atoms with Gasteiger partial charge >= 0.3 is 6.09 Å². The average Bonchev–Trinajstić information content (AvgIpc) is 2.52. The molecule has 0 aromatic heterocycles. The molecule has 0 unspecified atom stereocenters. The number of carbonyl (C=O) groups excluding carboxylic acids is 2. The van der Waals surface area contributed by atoms with Crippen LogP contribution in [-0.4, -0.2) is 30.0 Å². The third kappa shape index (κ3) is 8.46. The minimum Gasteiger partial charge on any atom is -0.444 e. The third-order valence-electron chi connectivity index (χ3n) is 3.24. The number of amidine groups is 1. The number of amides is 2. The van der Waals surface area contributed by atoms with Crippen molar-refractivity contribution >= 4 is 23.5 Å². The van der Waals surface area contributed by atoms with Crippen LogP contribution in [0.25, 0.3) is 5.70 Å². The number of rotatable bonds is 6. The van der Waals surface area contributed by atoms with Gasteiger partial charge in [-0.2, -0.15) is 0 Å². The molecule has 0 heterocycles. The molecule has 6 nitrogen and oxygen atoms in total. The summed E-state index contributed by atoms with van der Waals surface area (Å²) in [5.74, 6) is 0.0202. The molecule has 26 heavy (non-hydrogen) atoms. The standard InChI is InChI=1S/C20H29N3O3/c1-7-8-16-9-11-17(12-10-16)14(2)22-15(3)23-18(24)13-21-19(25)26-20(4,5)6/h9-12H,2,7-8,13H2,1,3-6H3,(H,21,25)(H,22,23,24). The van der Waals surface area contributed by atoms with Crippen LogP contribution in [0.1, 0.15) is 52.2 Å². The number of benzene rings is 1. The van der Waals surface area contributed by atoms with E-state index in [2.05, 4.69) is 41.3 Å². The van der Waals surface area contributed by atoms with Gasteiger partial charge in [0.15, 0.2) is 0 Å². The summed E-state index contributed by atoms with van der Waals surface area (Å²) >= 11 is 0. The molecule has 1 aromatic rings. The van der Waals surface area contributed by atoms with Crippen molar-refractivity contribution in [2.75, 3.05) is 6.54 Å². The molecule has 0 atom stereocenters. The van der Waals surface area contributed by atoms with E-state index in [1.807, 2.05) is 12.1 Å². The fourth-order valence-corrected chi connectivity index (χ4v) is 2.16. The van der Waals surface area contributed by atoms with Gasteiger partial charge in [-0.05, 0) is 45.2 Å². The zero-order valence-corrected chi connectivity index (χ0v) is 16.3. The highest BCUT2D eigenvalue weighted by atomic mass is 16.6. The van der Waals surface area contributed by atoms with Crippen LogP contribution in [0.2, 0.25) is 0 Å². The predicted octanol–water partition coefficient (Wildman–Crippen LogP) is 3.67. The molecule has 0 saturated carbocycles. The number of nitrogens with one attached hydrogen (secondary N) is 2. The molecule has 1 aromatic carbocycles. The maximum Gasteiger partial charge on any atom is 0.408 e. The normalized spacial score (nSPS) is 11.7. The predicted molar refractivity (Wildman–Crippen MR) is 105 cm³/mol. The largest absolute Gasteiger partial charge is 0.444 e. The Morgan fingerprint density at radius 3 is 2.35 bits per heavy atom. The Labute approximate surface area is 155 Å². The second-order valence-electron chi connectivity index (χ2n) is 6.99. The summed E-state index contributed by atoms with van der Waals surface area (Å²) in [5.41, 5.74) is 2.12. The number of nitrogens with zero attached hydrogens (tertiary/aromatic N) is 1. The molecule has 0 bridgehead atoms. The van der Waals surface area contributed by atoms with Crippen molar-refractivity contribution in [1.29, 1.82) is 0 Å². The lowest BCUT2D eigenvalue weighted by Gasteiger charge is -2.19. The Morgan fingerprint density at radius 1 is 1.19 bits per heavy atom. The van der Waals surface area contributed by atoms with Crippen LogP contribution in [0.5, 0.6) is 0 Å². The van der Waals surface area contributed by atoms with Crippen molar-refractivity contribution in [3.05, 3.63) is 42.0 Å². The highest BCUT2D eigenvalue weighted by Gasteiger charge is 2.16. The van der Waals surface area contributed by atoms with Crippen LogP contribution in [0.4, 0.5) is 4.79 Å². The lowest BCUT2D eigenvalue weighted by Crippen LogP contribution is -2.41. The molecule has 0 saturated heterocycles. The average molecular weight is 359 g/mol. The first-order chi connectivity index (χ1) is 12.1. The Bertz CT molecular complexity index is 671. The summed E-state index contributed by atoms with van der Waals surface area (Å²) in [5, 5.41) is 5.01. The number of hydrogen-bond donors (Lipinski definition) is 2. The Morgan fingerprint density at radius 2 is 1.81 bits per heavy atom. The zero-order chi connectivity index (χ0) is 19.7. The Kier molecular flexibility index (Phi) is 8.03. The number of alkyl carbamates (subject to hydrolysis) is 1. The number of aryl methyl sites for hydroxylation is 1. The molecule has 1 rings (SSSR count). The van der Waals surface area contributed by atoms with Gasteiger partial charge in [-0.1, -0.05) is 44.2 Å². The first kappa shape index (κ1) is 21.4. The maximum atomic E-state index is 11.9. The molecule has 0 spiro atoms. The van der Waals surface area contributed by atoms with E-state index in [4.69, 9.17) is 4.74 Å². The highest BCUT2D eigenvalue weighted by Crippen LogP contribution is 2.15. The zero-order valence-electron chi connectivity index (χ0n) is 16.3. The Balaban J connectivity index is 2.52. The highest BCUT2D eigenvalue weighted by molar-refractivity contribution is 6.00. The quantitative estimate of drug-likeness (QED) is 0.601. The molecular formula is C20H29N3O3. The van der Waals surface area contributed by atoms with Crippen molar-refractivity contribution in [3.8, 4) is 0 Å². The van der Waals surface area contributed by atoms with E-state index in [1.54, 1.807) is 27.7 Å². The SMILES string of the molecule is C=C(N=C(C)NC(=O)CNC(=O)OC(C)(C)C)c1ccc(CCC)cc1. The molecule has 2 amide bonds. The molecule has 0 aliphatic rings. The molecule has 2 N–H and O–H groups in total. The van der Waals surface area contributed by atoms with Crippen LogP contribution in [0.15, 0.2) is 35.8 Å². The van der Waals surface area contributed by atoms with Crippen LogP contribution in [-0.2, 0) is 16.0 Å². The van der Waals surface area contributed by atoms with E-state index < -0.39 is 11.7 Å². The maximum absolute atomic E-state index is 11.9. The monoisotopic (exact) mass is 359 g/mol. The van der Waals surface area contributed by atoms with Crippen molar-refractivity contribution in [2.45, 2.75) is 53.1 Å². The smallest absolute Gasteiger partial charge is 0.408 e. The van der Waals surface area contributed by atoms with Gasteiger partial charge in [0, 0.05) is 0 Å². The van der Waals surface area contributed by atoms with E-state index in [0.717, 1.165) is 18.4 Å². The second kappa shape index (κ2) is 9.75. The van der Waals surface area contributed by atoms with Crippen LogP contribution >= 0.6 is 0 Å². The van der Waals surface area contributed by atoms with Crippen LogP contribution in [0.3, 0.4) is 0 Å². The third-order valence-corrected chi connectivity index (χ3v) is 3.24. The number of ether oxygens (including phenoxy) is 1. The molecule has 6 heteroatoms. The first-order valence-corrected chi connectivity index (χ1v) is 8.71. The van der Waals surface area contributed by atoms with Crippen LogP contribution in [0, 0.1) is 0 Å². The molecule has 0 fully saturated rings. The van der Waals surface area contributed by atoms with E-state index in [-0.39, 0.29) is 12.5 Å². The van der Waals surface area contributed by atoms with Gasteiger partial charge in [-0.25, -0.2) is 9.79 Å². The van der Waals surface area contributed by atoms with Gasteiger partial charge in [-0.15, -0.1) is 0 Å². The van der Waals surface area contributed by atoms with Gasteiger partial charge in [0.2, 0.25) is 5.91 Å². The van der Waals surface area contributed by atoms with Crippen molar-refractivity contribution in [1.82, 2.24) is 10.6 Å². The Hall–Kier alpha value is -2.63. The topological polar surface area (TPSA) is 79.8 Å². The molecule has 0 aliphatic heterocycles. The number of carbonyl (C=O) groups is 2.